The first-order valence-corrected chi connectivity index (χ1v) is 19.4. The maximum absolute atomic E-state index is 12.3. The van der Waals surface area contributed by atoms with Crippen LogP contribution in [-0.2, 0) is 23.4 Å². The summed E-state index contributed by atoms with van der Waals surface area (Å²) >= 11 is 0. The Bertz CT molecular complexity index is 1300. The lowest BCUT2D eigenvalue weighted by atomic mass is 9.70. The molecule has 0 heterocycles. The number of benzene rings is 2. The van der Waals surface area contributed by atoms with Gasteiger partial charge in [0.1, 0.15) is 0 Å². The van der Waals surface area contributed by atoms with Crippen molar-refractivity contribution < 1.29 is 26.1 Å². The highest BCUT2D eigenvalue weighted by Crippen LogP contribution is 2.42. The SMILES string of the molecule is CCC1(CO)CCC(C)CC1.CCC1(COS(=O)(=O)c2ccc(C)cc2)CCC(C)CC1.Cc1ccc(S(=O)(=O)Cl)cc1. The summed E-state index contributed by atoms with van der Waals surface area (Å²) in [6, 6.07) is 13.2. The molecule has 0 spiro atoms. The molecule has 0 bridgehead atoms. The summed E-state index contributed by atoms with van der Waals surface area (Å²) < 4.78 is 51.4. The fourth-order valence-electron chi connectivity index (χ4n) is 5.65. The Kier molecular flexibility index (Phi) is 14.7. The molecule has 244 valence electrons. The fraction of sp³-hybridized carbons (Fsp3) is 0.647. The molecule has 1 N–H and O–H groups in total. The Hall–Kier alpha value is -1.45. The van der Waals surface area contributed by atoms with Gasteiger partial charge in [-0.05, 0) is 99.3 Å². The summed E-state index contributed by atoms with van der Waals surface area (Å²) in [5.41, 5.74) is 2.38. The molecule has 2 aromatic carbocycles. The molecule has 0 amide bonds. The van der Waals surface area contributed by atoms with Crippen LogP contribution in [0.1, 0.15) is 103 Å². The number of hydrogen-bond acceptors (Lipinski definition) is 6. The van der Waals surface area contributed by atoms with E-state index in [0.717, 1.165) is 48.6 Å². The van der Waals surface area contributed by atoms with Crippen molar-refractivity contribution in [1.82, 2.24) is 0 Å². The lowest BCUT2D eigenvalue weighted by molar-refractivity contribution is 0.0636. The molecule has 0 radical (unpaired) electrons. The molecule has 0 atom stereocenters. The highest BCUT2D eigenvalue weighted by molar-refractivity contribution is 8.13. The molecule has 0 unspecified atom stereocenters. The van der Waals surface area contributed by atoms with E-state index in [9.17, 15) is 21.9 Å². The van der Waals surface area contributed by atoms with Crippen LogP contribution < -0.4 is 0 Å². The number of halogens is 1. The van der Waals surface area contributed by atoms with Crippen LogP contribution in [0.2, 0.25) is 0 Å². The molecule has 2 saturated carbocycles. The number of aryl methyl sites for hydroxylation is 2. The van der Waals surface area contributed by atoms with E-state index >= 15 is 0 Å². The van der Waals surface area contributed by atoms with Gasteiger partial charge in [-0.2, -0.15) is 8.42 Å². The van der Waals surface area contributed by atoms with E-state index in [1.165, 1.54) is 50.7 Å². The summed E-state index contributed by atoms with van der Waals surface area (Å²) in [5, 5.41) is 9.23. The Balaban J connectivity index is 0.000000247. The third-order valence-electron chi connectivity index (χ3n) is 9.64. The van der Waals surface area contributed by atoms with E-state index in [1.54, 1.807) is 36.4 Å². The summed E-state index contributed by atoms with van der Waals surface area (Å²) in [5.74, 6) is 1.64. The largest absolute Gasteiger partial charge is 0.396 e. The minimum Gasteiger partial charge on any atom is -0.396 e. The Morgan fingerprint density at radius 1 is 0.721 bits per heavy atom. The molecule has 43 heavy (non-hydrogen) atoms. The molecule has 0 aromatic heterocycles. The lowest BCUT2D eigenvalue weighted by Gasteiger charge is -2.38. The lowest BCUT2D eigenvalue weighted by Crippen LogP contribution is -2.32. The predicted molar refractivity (Wildman–Crippen MR) is 176 cm³/mol. The maximum atomic E-state index is 12.3. The molecule has 9 heteroatoms. The quantitative estimate of drug-likeness (QED) is 0.225. The molecule has 2 aliphatic rings. The molecule has 0 aliphatic heterocycles. The molecule has 2 aromatic rings. The van der Waals surface area contributed by atoms with Gasteiger partial charge in [0, 0.05) is 17.3 Å². The van der Waals surface area contributed by atoms with E-state index < -0.39 is 19.2 Å². The molecular formula is C34H53ClO6S2. The average Bonchev–Trinajstić information content (AvgIpc) is 2.99. The molecular weight excluding hydrogens is 604 g/mol. The van der Waals surface area contributed by atoms with Crippen LogP contribution in [0, 0.1) is 36.5 Å². The minimum atomic E-state index is -3.64. The standard InChI is InChI=1S/C17H26O3S.C10H20O.C7H7ClO2S/c1-4-17(11-9-15(3)10-12-17)13-20-21(18,19)16-7-5-14(2)6-8-16;1-3-10(8-11)6-4-9(2)5-7-10;1-6-2-4-7(5-3-6)11(8,9)10/h5-8,15H,4,9-13H2,1-3H3;9,11H,3-8H2,1-2H3;2-5H,1H3. The van der Waals surface area contributed by atoms with Crippen molar-refractivity contribution in [2.75, 3.05) is 13.2 Å². The van der Waals surface area contributed by atoms with Gasteiger partial charge in [0.05, 0.1) is 16.4 Å². The number of aliphatic hydroxyl groups is 1. The highest BCUT2D eigenvalue weighted by atomic mass is 35.7. The zero-order valence-electron chi connectivity index (χ0n) is 26.9. The van der Waals surface area contributed by atoms with Crippen molar-refractivity contribution in [3.05, 3.63) is 59.7 Å². The summed E-state index contributed by atoms with van der Waals surface area (Å²) in [6.45, 7) is 13.4. The van der Waals surface area contributed by atoms with Crippen molar-refractivity contribution in [2.45, 2.75) is 116 Å². The van der Waals surface area contributed by atoms with Crippen molar-refractivity contribution in [1.29, 1.82) is 0 Å². The minimum absolute atomic E-state index is 0.0320. The molecule has 2 aliphatic carbocycles. The van der Waals surface area contributed by atoms with Gasteiger partial charge >= 0.3 is 0 Å². The Labute approximate surface area is 266 Å². The van der Waals surface area contributed by atoms with Gasteiger partial charge in [0.15, 0.2) is 0 Å². The summed E-state index contributed by atoms with van der Waals surface area (Å²) in [7, 11) is -2.10. The van der Waals surface area contributed by atoms with Gasteiger partial charge in [0.2, 0.25) is 0 Å². The zero-order chi connectivity index (χ0) is 32.3. The van der Waals surface area contributed by atoms with Gasteiger partial charge in [-0.25, -0.2) is 8.42 Å². The number of aliphatic hydroxyl groups excluding tert-OH is 1. The van der Waals surface area contributed by atoms with Crippen LogP contribution in [0.4, 0.5) is 0 Å². The van der Waals surface area contributed by atoms with E-state index in [0.29, 0.717) is 18.6 Å². The van der Waals surface area contributed by atoms with E-state index in [1.807, 2.05) is 13.8 Å². The Morgan fingerprint density at radius 2 is 1.09 bits per heavy atom. The first-order chi connectivity index (χ1) is 20.1. The maximum Gasteiger partial charge on any atom is 0.296 e. The van der Waals surface area contributed by atoms with Crippen molar-refractivity contribution in [3.63, 3.8) is 0 Å². The molecule has 6 nitrogen and oxygen atoms in total. The van der Waals surface area contributed by atoms with Gasteiger partial charge in [0.25, 0.3) is 19.2 Å². The van der Waals surface area contributed by atoms with Crippen LogP contribution in [0.25, 0.3) is 0 Å². The van der Waals surface area contributed by atoms with Gasteiger partial charge in [-0.1, -0.05) is 88.8 Å². The normalized spacial score (nSPS) is 26.0. The highest BCUT2D eigenvalue weighted by Gasteiger charge is 2.35. The second-order valence-corrected chi connectivity index (χ2v) is 17.2. The predicted octanol–water partition coefficient (Wildman–Crippen LogP) is 8.81. The summed E-state index contributed by atoms with van der Waals surface area (Å²) in [4.78, 5) is 0.397. The third kappa shape index (κ3) is 12.1. The van der Waals surface area contributed by atoms with E-state index in [-0.39, 0.29) is 15.2 Å². The molecule has 0 saturated heterocycles. The van der Waals surface area contributed by atoms with Crippen molar-refractivity contribution >= 4 is 29.9 Å². The second kappa shape index (κ2) is 16.7. The smallest absolute Gasteiger partial charge is 0.296 e. The first-order valence-electron chi connectivity index (χ1n) is 15.7. The van der Waals surface area contributed by atoms with Gasteiger partial charge in [-0.15, -0.1) is 0 Å². The van der Waals surface area contributed by atoms with E-state index in [4.69, 9.17) is 14.9 Å². The van der Waals surface area contributed by atoms with Crippen LogP contribution in [0.3, 0.4) is 0 Å². The third-order valence-corrected chi connectivity index (χ3v) is 12.3. The zero-order valence-corrected chi connectivity index (χ0v) is 29.3. The first kappa shape index (κ1) is 37.7. The number of hydrogen-bond donors (Lipinski definition) is 1. The van der Waals surface area contributed by atoms with Crippen LogP contribution in [0.5, 0.6) is 0 Å². The monoisotopic (exact) mass is 656 g/mol. The Morgan fingerprint density at radius 3 is 1.44 bits per heavy atom. The van der Waals surface area contributed by atoms with E-state index in [2.05, 4.69) is 27.7 Å². The summed E-state index contributed by atoms with van der Waals surface area (Å²) in [6.07, 6.45) is 11.7. The van der Waals surface area contributed by atoms with Crippen molar-refractivity contribution in [3.8, 4) is 0 Å². The van der Waals surface area contributed by atoms with Crippen LogP contribution in [0.15, 0.2) is 58.3 Å². The van der Waals surface area contributed by atoms with Crippen molar-refractivity contribution in [2.24, 2.45) is 22.7 Å². The van der Waals surface area contributed by atoms with Crippen LogP contribution in [-0.4, -0.2) is 35.2 Å². The average molecular weight is 657 g/mol. The fourth-order valence-corrected chi connectivity index (χ4v) is 7.43. The second-order valence-electron chi connectivity index (χ2n) is 13.0. The van der Waals surface area contributed by atoms with Crippen LogP contribution >= 0.6 is 10.7 Å². The molecule has 4 rings (SSSR count). The molecule has 2 fully saturated rings. The topological polar surface area (TPSA) is 97.7 Å². The van der Waals surface area contributed by atoms with Gasteiger partial charge < -0.3 is 5.11 Å². The number of rotatable bonds is 8. The van der Waals surface area contributed by atoms with Gasteiger partial charge in [-0.3, -0.25) is 4.18 Å².